The first-order valence-electron chi connectivity index (χ1n) is 3.95. The Hall–Kier alpha value is -0.670. The van der Waals surface area contributed by atoms with Gasteiger partial charge in [-0.2, -0.15) is 0 Å². The molecule has 0 aliphatic heterocycles. The van der Waals surface area contributed by atoms with Crippen molar-refractivity contribution >= 4 is 17.6 Å². The second-order valence-corrected chi connectivity index (χ2v) is 3.15. The quantitative estimate of drug-likeness (QED) is 0.698. The molecule has 0 radical (unpaired) electrons. The molecule has 66 valence electrons. The Morgan fingerprint density at radius 2 is 2.00 bits per heavy atom. The topological polar surface area (TPSA) is 38.0 Å². The van der Waals surface area contributed by atoms with Gasteiger partial charge in [0.25, 0.3) is 0 Å². The van der Waals surface area contributed by atoms with Crippen molar-refractivity contribution in [3.8, 4) is 0 Å². The molecule has 0 saturated carbocycles. The minimum atomic E-state index is 0.718. The molecule has 0 unspecified atom stereocenters. The van der Waals surface area contributed by atoms with Gasteiger partial charge < -0.3 is 10.5 Å². The van der Waals surface area contributed by atoms with Crippen molar-refractivity contribution in [2.24, 2.45) is 5.73 Å². The summed E-state index contributed by atoms with van der Waals surface area (Å²) in [6.07, 6.45) is 2.97. The van der Waals surface area contributed by atoms with Crippen LogP contribution in [0.2, 0.25) is 0 Å². The summed E-state index contributed by atoms with van der Waals surface area (Å²) in [5.74, 6) is 0. The van der Waals surface area contributed by atoms with Gasteiger partial charge in [-0.05, 0) is 30.7 Å². The van der Waals surface area contributed by atoms with Gasteiger partial charge in [-0.25, -0.2) is 0 Å². The molecule has 0 aliphatic carbocycles. The van der Waals surface area contributed by atoms with Crippen LogP contribution in [-0.4, -0.2) is 12.8 Å². The van der Waals surface area contributed by atoms with Crippen LogP contribution in [0.4, 0.5) is 5.69 Å². The largest absolute Gasteiger partial charge is 0.330 e. The number of nitrogens with two attached hydrogens (primary N) is 1. The number of hydrogen-bond acceptors (Lipinski definition) is 3. The van der Waals surface area contributed by atoms with Gasteiger partial charge in [-0.1, -0.05) is 24.1 Å². The second kappa shape index (κ2) is 5.06. The number of nitrogens with one attached hydrogen (secondary N) is 1. The van der Waals surface area contributed by atoms with Crippen LogP contribution in [0.15, 0.2) is 24.3 Å². The van der Waals surface area contributed by atoms with Gasteiger partial charge in [-0.15, -0.1) is 0 Å². The van der Waals surface area contributed by atoms with E-state index in [4.69, 9.17) is 5.73 Å². The molecule has 0 fully saturated rings. The molecule has 1 aromatic rings. The molecular weight excluding hydrogens is 168 g/mol. The Labute approximate surface area is 77.7 Å². The Balaban J connectivity index is 2.58. The molecule has 3 N–H and O–H groups in total. The van der Waals surface area contributed by atoms with Crippen molar-refractivity contribution in [2.45, 2.75) is 6.42 Å². The number of rotatable bonds is 4. The standard InChI is InChI=1S/C9H14N2S/c1-12-11-9-4-2-8(3-5-9)6-7-10/h2-5,11H,6-7,10H2,1H3. The van der Waals surface area contributed by atoms with Gasteiger partial charge in [0, 0.05) is 11.9 Å². The zero-order valence-corrected chi connectivity index (χ0v) is 8.03. The summed E-state index contributed by atoms with van der Waals surface area (Å²) in [6.45, 7) is 0.718. The Morgan fingerprint density at radius 1 is 1.33 bits per heavy atom. The molecule has 0 heterocycles. The molecule has 0 amide bonds. The summed E-state index contributed by atoms with van der Waals surface area (Å²) in [5.41, 5.74) is 7.87. The highest BCUT2D eigenvalue weighted by Gasteiger charge is 1.91. The van der Waals surface area contributed by atoms with E-state index in [-0.39, 0.29) is 0 Å². The number of hydrogen-bond donors (Lipinski definition) is 2. The third-order valence-corrected chi connectivity index (χ3v) is 2.05. The highest BCUT2D eigenvalue weighted by molar-refractivity contribution is 7.99. The highest BCUT2D eigenvalue weighted by Crippen LogP contribution is 2.12. The maximum Gasteiger partial charge on any atom is 0.0440 e. The predicted molar refractivity (Wildman–Crippen MR) is 56.3 cm³/mol. The van der Waals surface area contributed by atoms with Gasteiger partial charge in [0.05, 0.1) is 0 Å². The third kappa shape index (κ3) is 2.75. The van der Waals surface area contributed by atoms with Gasteiger partial charge in [0.2, 0.25) is 0 Å². The molecule has 0 bridgehead atoms. The molecular formula is C9H14N2S. The van der Waals surface area contributed by atoms with Gasteiger partial charge >= 0.3 is 0 Å². The van der Waals surface area contributed by atoms with Gasteiger partial charge in [0.15, 0.2) is 0 Å². The van der Waals surface area contributed by atoms with Gasteiger partial charge in [0.1, 0.15) is 0 Å². The molecule has 12 heavy (non-hydrogen) atoms. The lowest BCUT2D eigenvalue weighted by Crippen LogP contribution is -2.02. The van der Waals surface area contributed by atoms with E-state index >= 15 is 0 Å². The van der Waals surface area contributed by atoms with E-state index in [0.29, 0.717) is 0 Å². The van der Waals surface area contributed by atoms with Crippen LogP contribution in [0.5, 0.6) is 0 Å². The molecule has 0 aromatic heterocycles. The van der Waals surface area contributed by atoms with Crippen LogP contribution in [0.25, 0.3) is 0 Å². The average molecular weight is 182 g/mol. The third-order valence-electron chi connectivity index (χ3n) is 1.61. The van der Waals surface area contributed by atoms with Crippen molar-refractivity contribution in [1.82, 2.24) is 0 Å². The Kier molecular flexibility index (Phi) is 3.97. The molecule has 0 spiro atoms. The first-order chi connectivity index (χ1) is 5.86. The lowest BCUT2D eigenvalue weighted by Gasteiger charge is -2.02. The fraction of sp³-hybridized carbons (Fsp3) is 0.333. The van der Waals surface area contributed by atoms with Crippen molar-refractivity contribution in [2.75, 3.05) is 17.5 Å². The van der Waals surface area contributed by atoms with E-state index in [0.717, 1.165) is 18.7 Å². The van der Waals surface area contributed by atoms with Crippen molar-refractivity contribution < 1.29 is 0 Å². The summed E-state index contributed by atoms with van der Waals surface area (Å²) in [6, 6.07) is 8.35. The van der Waals surface area contributed by atoms with Crippen LogP contribution >= 0.6 is 11.9 Å². The summed E-state index contributed by atoms with van der Waals surface area (Å²) in [5, 5.41) is 0. The van der Waals surface area contributed by atoms with Crippen molar-refractivity contribution in [1.29, 1.82) is 0 Å². The lowest BCUT2D eigenvalue weighted by atomic mass is 10.1. The van der Waals surface area contributed by atoms with Crippen LogP contribution in [0, 0.1) is 0 Å². The summed E-state index contributed by atoms with van der Waals surface area (Å²) in [4.78, 5) is 0. The molecule has 0 aliphatic rings. The maximum atomic E-state index is 5.44. The molecule has 1 rings (SSSR count). The minimum absolute atomic E-state index is 0.718. The van der Waals surface area contributed by atoms with Crippen LogP contribution < -0.4 is 10.5 Å². The van der Waals surface area contributed by atoms with Crippen LogP contribution in [0.3, 0.4) is 0 Å². The molecule has 0 atom stereocenters. The SMILES string of the molecule is CSNc1ccc(CCN)cc1. The molecule has 3 heteroatoms. The van der Waals surface area contributed by atoms with Gasteiger partial charge in [-0.3, -0.25) is 0 Å². The number of benzene rings is 1. The Morgan fingerprint density at radius 3 is 2.50 bits per heavy atom. The maximum absolute atomic E-state index is 5.44. The highest BCUT2D eigenvalue weighted by atomic mass is 32.2. The zero-order valence-electron chi connectivity index (χ0n) is 7.21. The first-order valence-corrected chi connectivity index (χ1v) is 5.17. The second-order valence-electron chi connectivity index (χ2n) is 2.54. The van der Waals surface area contributed by atoms with E-state index in [9.17, 15) is 0 Å². The van der Waals surface area contributed by atoms with E-state index < -0.39 is 0 Å². The first kappa shape index (κ1) is 9.42. The average Bonchev–Trinajstić information content (AvgIpc) is 2.09. The molecule has 2 nitrogen and oxygen atoms in total. The molecule has 1 aromatic carbocycles. The lowest BCUT2D eigenvalue weighted by molar-refractivity contribution is 0.969. The summed E-state index contributed by atoms with van der Waals surface area (Å²) < 4.78 is 3.16. The zero-order chi connectivity index (χ0) is 8.81. The monoisotopic (exact) mass is 182 g/mol. The molecule has 0 saturated heterocycles. The smallest absolute Gasteiger partial charge is 0.0440 e. The summed E-state index contributed by atoms with van der Waals surface area (Å²) in [7, 11) is 0. The van der Waals surface area contributed by atoms with E-state index in [1.807, 2.05) is 6.26 Å². The van der Waals surface area contributed by atoms with E-state index in [2.05, 4.69) is 29.0 Å². The summed E-state index contributed by atoms with van der Waals surface area (Å²) >= 11 is 1.60. The fourth-order valence-corrected chi connectivity index (χ4v) is 1.40. The Bertz CT molecular complexity index is 195. The van der Waals surface area contributed by atoms with Crippen LogP contribution in [-0.2, 0) is 6.42 Å². The van der Waals surface area contributed by atoms with Crippen molar-refractivity contribution in [3.05, 3.63) is 29.8 Å². The van der Waals surface area contributed by atoms with E-state index in [1.165, 1.54) is 5.56 Å². The van der Waals surface area contributed by atoms with E-state index in [1.54, 1.807) is 11.9 Å². The number of anilines is 1. The minimum Gasteiger partial charge on any atom is -0.330 e. The van der Waals surface area contributed by atoms with Crippen LogP contribution in [0.1, 0.15) is 5.56 Å². The van der Waals surface area contributed by atoms with Crippen molar-refractivity contribution in [3.63, 3.8) is 0 Å². The fourth-order valence-electron chi connectivity index (χ4n) is 1.02. The predicted octanol–water partition coefficient (Wildman–Crippen LogP) is 1.88. The normalized spacial score (nSPS) is 9.83.